The summed E-state index contributed by atoms with van der Waals surface area (Å²) in [6.07, 6.45) is -1.64. The van der Waals surface area contributed by atoms with Crippen molar-refractivity contribution >= 4 is 96.5 Å². The number of aromatic nitrogens is 2. The lowest BCUT2D eigenvalue weighted by Gasteiger charge is -2.15. The van der Waals surface area contributed by atoms with E-state index < -0.39 is 133 Å². The Balaban J connectivity index is 1.82. The maximum atomic E-state index is 13.9. The summed E-state index contributed by atoms with van der Waals surface area (Å²) in [4.78, 5) is 1.55. The molecular weight excluding hydrogens is 784 g/mol. The van der Waals surface area contributed by atoms with Gasteiger partial charge in [-0.1, -0.05) is 17.7 Å². The number of nitrogens with one attached hydrogen (secondary N) is 1. The van der Waals surface area contributed by atoms with Crippen LogP contribution in [0.3, 0.4) is 0 Å². The number of azo groups is 1. The van der Waals surface area contributed by atoms with Gasteiger partial charge in [0.25, 0.3) is 40.5 Å². The van der Waals surface area contributed by atoms with Gasteiger partial charge in [-0.25, -0.2) is 0 Å². The smallest absolute Gasteiger partial charge is 0.313 e. The van der Waals surface area contributed by atoms with Gasteiger partial charge < -0.3 is 15.5 Å². The first-order valence-electron chi connectivity index (χ1n) is 12.5. The highest BCUT2D eigenvalue weighted by atomic mass is 35.5. The van der Waals surface area contributed by atoms with Crippen LogP contribution in [0.4, 0.5) is 31.7 Å². The molecule has 50 heavy (non-hydrogen) atoms. The topological polar surface area (TPSA) is 320 Å². The van der Waals surface area contributed by atoms with Crippen molar-refractivity contribution < 1.29 is 70.9 Å². The van der Waals surface area contributed by atoms with E-state index in [4.69, 9.17) is 11.6 Å². The largest absolute Gasteiger partial charge is 0.506 e. The molecule has 5 aromatic rings. The number of fused-ring (bicyclic) bond motifs is 2. The highest BCUT2D eigenvalue weighted by Gasteiger charge is 2.28. The third-order valence-corrected chi connectivity index (χ3v) is 10.4. The molecular formula is C24H14ClF2N5O14S4. The molecule has 4 aromatic carbocycles. The number of halogens is 3. The van der Waals surface area contributed by atoms with Crippen LogP contribution in [0, 0.1) is 12.0 Å². The lowest BCUT2D eigenvalue weighted by atomic mass is 10.1. The first kappa shape index (κ1) is 36.5. The standard InChI is InChI=1S/C24H14ClF2N5O14S4/c25-19-22(26)29-24(27)30-23(19)28-8-3-12-15(48(38,39)40)6-13(21(34)18(12)17(4-8)50(44,45)46)31-32-20-11-5-9(47(35,36)37)1-2-10(11)16(7-14(20)33)49(41,42)43/h1-7,33-34H,(H,28,29,30)(H,35,36,37)(H,38,39,40)(H,41,42,43)(H,44,45,46). The van der Waals surface area contributed by atoms with E-state index >= 15 is 0 Å². The molecule has 264 valence electrons. The number of phenolic OH excluding ortho intramolecular Hbond substituents is 2. The zero-order chi connectivity index (χ0) is 37.3. The van der Waals surface area contributed by atoms with E-state index in [0.29, 0.717) is 30.3 Å². The zero-order valence-corrected chi connectivity index (χ0v) is 27.6. The maximum Gasteiger partial charge on any atom is 0.313 e. The van der Waals surface area contributed by atoms with Crippen molar-refractivity contribution in [2.45, 2.75) is 19.6 Å². The second kappa shape index (κ2) is 12.2. The van der Waals surface area contributed by atoms with E-state index in [2.05, 4.69) is 25.5 Å². The van der Waals surface area contributed by atoms with Crippen LogP contribution in [0.2, 0.25) is 5.02 Å². The van der Waals surface area contributed by atoms with Crippen molar-refractivity contribution in [3.63, 3.8) is 0 Å². The molecule has 19 nitrogen and oxygen atoms in total. The highest BCUT2D eigenvalue weighted by Crippen LogP contribution is 2.46. The van der Waals surface area contributed by atoms with Gasteiger partial charge in [0, 0.05) is 33.3 Å². The van der Waals surface area contributed by atoms with E-state index in [1.54, 1.807) is 0 Å². The molecule has 0 spiro atoms. The predicted octanol–water partition coefficient (Wildman–Crippen LogP) is 4.27. The third-order valence-electron chi connectivity index (χ3n) is 6.57. The van der Waals surface area contributed by atoms with Gasteiger partial charge in [-0.15, -0.1) is 10.2 Å². The van der Waals surface area contributed by atoms with Crippen LogP contribution in [0.25, 0.3) is 21.5 Å². The Hall–Kier alpha value is -4.73. The number of hydrogen-bond acceptors (Lipinski definition) is 15. The minimum Gasteiger partial charge on any atom is -0.506 e. The molecule has 0 amide bonds. The van der Waals surface area contributed by atoms with E-state index in [0.717, 1.165) is 12.1 Å². The Morgan fingerprint density at radius 1 is 0.680 bits per heavy atom. The van der Waals surface area contributed by atoms with Crippen LogP contribution >= 0.6 is 11.6 Å². The van der Waals surface area contributed by atoms with Crippen molar-refractivity contribution in [1.29, 1.82) is 0 Å². The molecule has 7 N–H and O–H groups in total. The molecule has 0 saturated carbocycles. The molecule has 0 aliphatic carbocycles. The molecule has 0 fully saturated rings. The number of hydrogen-bond donors (Lipinski definition) is 7. The van der Waals surface area contributed by atoms with Crippen molar-refractivity contribution in [3.8, 4) is 11.5 Å². The highest BCUT2D eigenvalue weighted by molar-refractivity contribution is 7.87. The van der Waals surface area contributed by atoms with E-state index in [1.807, 2.05) is 0 Å². The first-order chi connectivity index (χ1) is 22.9. The monoisotopic (exact) mass is 797 g/mol. The Kier molecular flexibility index (Phi) is 8.95. The van der Waals surface area contributed by atoms with Crippen LogP contribution in [-0.2, 0) is 40.5 Å². The summed E-state index contributed by atoms with van der Waals surface area (Å²) in [5.74, 6) is -4.78. The number of benzene rings is 4. The Bertz CT molecular complexity index is 2800. The summed E-state index contributed by atoms with van der Waals surface area (Å²) in [6, 6.07) is 4.21. The summed E-state index contributed by atoms with van der Waals surface area (Å²) in [6.45, 7) is 0. The lowest BCUT2D eigenvalue weighted by molar-refractivity contribution is 0.468. The second-order valence-electron chi connectivity index (χ2n) is 9.76. The number of anilines is 2. The van der Waals surface area contributed by atoms with Crippen LogP contribution in [0.1, 0.15) is 0 Å². The van der Waals surface area contributed by atoms with Gasteiger partial charge in [0.15, 0.2) is 11.6 Å². The first-order valence-corrected chi connectivity index (χ1v) is 18.6. The van der Waals surface area contributed by atoms with Crippen LogP contribution in [0.5, 0.6) is 11.5 Å². The maximum absolute atomic E-state index is 13.9. The molecule has 1 aromatic heterocycles. The molecule has 0 aliphatic heterocycles. The van der Waals surface area contributed by atoms with Gasteiger partial charge in [-0.3, -0.25) is 18.2 Å². The zero-order valence-electron chi connectivity index (χ0n) is 23.5. The lowest BCUT2D eigenvalue weighted by Crippen LogP contribution is -2.06. The molecule has 0 bridgehead atoms. The van der Waals surface area contributed by atoms with E-state index in [1.165, 1.54) is 0 Å². The van der Waals surface area contributed by atoms with Crippen molar-refractivity contribution in [2.75, 3.05) is 5.32 Å². The Morgan fingerprint density at radius 2 is 1.28 bits per heavy atom. The van der Waals surface area contributed by atoms with Crippen molar-refractivity contribution in [3.05, 3.63) is 59.5 Å². The van der Waals surface area contributed by atoms with Crippen LogP contribution in [-0.4, -0.2) is 72.1 Å². The third kappa shape index (κ3) is 6.98. The minimum atomic E-state index is -5.48. The molecule has 0 atom stereocenters. The number of phenols is 2. The van der Waals surface area contributed by atoms with Gasteiger partial charge in [0.2, 0.25) is 5.95 Å². The summed E-state index contributed by atoms with van der Waals surface area (Å²) in [5.41, 5.74) is -2.43. The molecule has 0 aliphatic rings. The molecule has 0 saturated heterocycles. The Morgan fingerprint density at radius 3 is 1.86 bits per heavy atom. The normalized spacial score (nSPS) is 13.0. The van der Waals surface area contributed by atoms with E-state index in [-0.39, 0.29) is 0 Å². The molecule has 0 radical (unpaired) electrons. The fraction of sp³-hybridized carbons (Fsp3) is 0. The van der Waals surface area contributed by atoms with Gasteiger partial charge in [0.1, 0.15) is 36.8 Å². The van der Waals surface area contributed by atoms with E-state index in [9.17, 15) is 70.9 Å². The molecule has 5 rings (SSSR count). The summed E-state index contributed by atoms with van der Waals surface area (Å²) < 4.78 is 164. The average Bonchev–Trinajstić information content (AvgIpc) is 2.97. The summed E-state index contributed by atoms with van der Waals surface area (Å²) >= 11 is 5.71. The molecule has 1 heterocycles. The molecule has 26 heteroatoms. The Labute approximate surface area is 282 Å². The van der Waals surface area contributed by atoms with Gasteiger partial charge >= 0.3 is 6.08 Å². The SMILES string of the molecule is O=S(=O)(O)c1ccc2c(S(=O)(=O)O)cc(O)c(N=Nc3cc(S(=O)(=O)O)c4cc(Nc5nc(F)nc(F)c5Cl)cc(S(=O)(=O)O)c4c3O)c2c1. The van der Waals surface area contributed by atoms with Crippen LogP contribution < -0.4 is 5.32 Å². The van der Waals surface area contributed by atoms with Crippen LogP contribution in [0.15, 0.2) is 72.3 Å². The average molecular weight is 798 g/mol. The number of nitrogens with zero attached hydrogens (tertiary/aromatic N) is 4. The molecule has 0 unspecified atom stereocenters. The second-order valence-corrected chi connectivity index (χ2v) is 15.7. The number of aromatic hydroxyl groups is 2. The summed E-state index contributed by atoms with van der Waals surface area (Å²) in [5, 5.41) is 27.1. The predicted molar refractivity (Wildman–Crippen MR) is 165 cm³/mol. The quantitative estimate of drug-likeness (QED) is 0.0499. The van der Waals surface area contributed by atoms with Gasteiger partial charge in [-0.2, -0.15) is 52.4 Å². The van der Waals surface area contributed by atoms with Gasteiger partial charge in [0.05, 0.1) is 4.90 Å². The fourth-order valence-electron chi connectivity index (χ4n) is 4.56. The minimum absolute atomic E-state index is 0.403. The summed E-state index contributed by atoms with van der Waals surface area (Å²) in [7, 11) is -21.0. The van der Waals surface area contributed by atoms with Gasteiger partial charge in [-0.05, 0) is 30.3 Å². The number of rotatable bonds is 8. The van der Waals surface area contributed by atoms with Crippen molar-refractivity contribution in [1.82, 2.24) is 9.97 Å². The van der Waals surface area contributed by atoms with Crippen molar-refractivity contribution in [2.24, 2.45) is 10.2 Å². The fourth-order valence-corrected chi connectivity index (χ4v) is 7.35.